The molecule has 1 aromatic heterocycles. The molecule has 3 N–H and O–H groups in total. The molecule has 2 aromatic rings. The van der Waals surface area contributed by atoms with Crippen molar-refractivity contribution in [1.29, 1.82) is 0 Å². The fourth-order valence-electron chi connectivity index (χ4n) is 3.63. The highest BCUT2D eigenvalue weighted by molar-refractivity contribution is 7.13. The van der Waals surface area contributed by atoms with Gasteiger partial charge in [-0.1, -0.05) is 0 Å². The summed E-state index contributed by atoms with van der Waals surface area (Å²) in [5.74, 6) is 0.572. The van der Waals surface area contributed by atoms with Gasteiger partial charge in [-0.3, -0.25) is 9.59 Å². The minimum absolute atomic E-state index is 0.0211. The highest BCUT2D eigenvalue weighted by Crippen LogP contribution is 2.26. The second kappa shape index (κ2) is 11.1. The first kappa shape index (κ1) is 22.2. The Morgan fingerprint density at radius 3 is 2.87 bits per heavy atom. The largest absolute Gasteiger partial charge is 0.494 e. The molecule has 1 fully saturated rings. The van der Waals surface area contributed by atoms with Crippen molar-refractivity contribution in [3.8, 4) is 16.3 Å². The summed E-state index contributed by atoms with van der Waals surface area (Å²) < 4.78 is 5.46. The summed E-state index contributed by atoms with van der Waals surface area (Å²) >= 11 is 1.54. The van der Waals surface area contributed by atoms with Gasteiger partial charge in [-0.15, -0.1) is 11.3 Å². The van der Waals surface area contributed by atoms with Gasteiger partial charge in [-0.05, 0) is 63.5 Å². The Morgan fingerprint density at radius 2 is 2.13 bits per heavy atom. The number of rotatable bonds is 10. The van der Waals surface area contributed by atoms with Crippen molar-refractivity contribution in [2.45, 2.75) is 32.6 Å². The topological polar surface area (TPSA) is 97.6 Å². The lowest BCUT2D eigenvalue weighted by molar-refractivity contribution is -0.123. The predicted octanol–water partition coefficient (Wildman–Crippen LogP) is 2.45. The van der Waals surface area contributed by atoms with Gasteiger partial charge in [0.05, 0.1) is 24.6 Å². The number of ether oxygens (including phenoxy) is 1. The molecule has 0 spiro atoms. The summed E-state index contributed by atoms with van der Waals surface area (Å²) in [5, 5.41) is 5.80. The van der Waals surface area contributed by atoms with Crippen LogP contribution in [0, 0.1) is 5.92 Å². The first-order chi connectivity index (χ1) is 14.5. The molecule has 2 amide bonds. The number of hydrogen-bond donors (Lipinski definition) is 2. The molecule has 7 nitrogen and oxygen atoms in total. The standard InChI is InChI=1S/C22H30N4O3S/c1-2-29-19-8-6-16(7-9-19)22-25-18(15-30-22)13-20(27)24-10-4-12-26-11-3-5-17(14-26)21(23)28/h6-9,15,17H,2-5,10-14H2,1H3,(H2,23,28)(H,24,27). The number of benzene rings is 1. The third-order valence-electron chi connectivity index (χ3n) is 5.19. The summed E-state index contributed by atoms with van der Waals surface area (Å²) in [4.78, 5) is 30.4. The quantitative estimate of drug-likeness (QED) is 0.564. The number of likely N-dealkylation sites (tertiary alicyclic amines) is 1. The molecule has 30 heavy (non-hydrogen) atoms. The van der Waals surface area contributed by atoms with Gasteiger partial charge >= 0.3 is 0 Å². The van der Waals surface area contributed by atoms with Crippen molar-refractivity contribution in [3.05, 3.63) is 35.3 Å². The molecule has 1 atom stereocenters. The monoisotopic (exact) mass is 430 g/mol. The van der Waals surface area contributed by atoms with E-state index in [0.717, 1.165) is 60.9 Å². The molecule has 3 rings (SSSR count). The number of nitrogens with two attached hydrogens (primary N) is 1. The van der Waals surface area contributed by atoms with E-state index in [1.807, 2.05) is 36.6 Å². The van der Waals surface area contributed by atoms with Crippen molar-refractivity contribution < 1.29 is 14.3 Å². The Hall–Kier alpha value is -2.45. The van der Waals surface area contributed by atoms with E-state index in [-0.39, 0.29) is 24.2 Å². The zero-order valence-corrected chi connectivity index (χ0v) is 18.2. The van der Waals surface area contributed by atoms with Crippen molar-refractivity contribution in [1.82, 2.24) is 15.2 Å². The van der Waals surface area contributed by atoms with Crippen LogP contribution >= 0.6 is 11.3 Å². The molecular weight excluding hydrogens is 400 g/mol. The number of nitrogens with one attached hydrogen (secondary N) is 1. The van der Waals surface area contributed by atoms with Crippen LogP contribution in [0.1, 0.15) is 31.9 Å². The lowest BCUT2D eigenvalue weighted by Gasteiger charge is -2.31. The molecule has 1 saturated heterocycles. The summed E-state index contributed by atoms with van der Waals surface area (Å²) in [7, 11) is 0. The molecule has 1 aromatic carbocycles. The number of primary amides is 1. The molecule has 1 unspecified atom stereocenters. The van der Waals surface area contributed by atoms with Crippen LogP contribution in [0.15, 0.2) is 29.6 Å². The molecule has 8 heteroatoms. The molecule has 1 aliphatic rings. The Morgan fingerprint density at radius 1 is 1.33 bits per heavy atom. The number of piperidine rings is 1. The van der Waals surface area contributed by atoms with E-state index >= 15 is 0 Å². The van der Waals surface area contributed by atoms with Crippen LogP contribution in [-0.4, -0.2) is 54.5 Å². The molecule has 1 aliphatic heterocycles. The Balaban J connectivity index is 1.38. The SMILES string of the molecule is CCOc1ccc(-c2nc(CC(=O)NCCCN3CCCC(C(N)=O)C3)cs2)cc1. The third kappa shape index (κ3) is 6.53. The van der Waals surface area contributed by atoms with Crippen LogP contribution in [0.5, 0.6) is 5.75 Å². The molecular formula is C22H30N4O3S. The van der Waals surface area contributed by atoms with Gasteiger partial charge in [0.25, 0.3) is 0 Å². The second-order valence-electron chi connectivity index (χ2n) is 7.52. The van der Waals surface area contributed by atoms with Gasteiger partial charge in [0.2, 0.25) is 11.8 Å². The average molecular weight is 431 g/mol. The van der Waals surface area contributed by atoms with Gasteiger partial charge in [0.1, 0.15) is 10.8 Å². The highest BCUT2D eigenvalue weighted by Gasteiger charge is 2.23. The van der Waals surface area contributed by atoms with Gasteiger partial charge in [-0.25, -0.2) is 4.98 Å². The maximum absolute atomic E-state index is 12.2. The zero-order valence-electron chi connectivity index (χ0n) is 17.4. The van der Waals surface area contributed by atoms with Crippen LogP contribution in [0.4, 0.5) is 0 Å². The first-order valence-corrected chi connectivity index (χ1v) is 11.4. The Bertz CT molecular complexity index is 837. The first-order valence-electron chi connectivity index (χ1n) is 10.5. The van der Waals surface area contributed by atoms with Crippen LogP contribution < -0.4 is 15.8 Å². The third-order valence-corrected chi connectivity index (χ3v) is 6.13. The van der Waals surface area contributed by atoms with Gasteiger partial charge in [0.15, 0.2) is 0 Å². The van der Waals surface area contributed by atoms with Gasteiger partial charge in [-0.2, -0.15) is 0 Å². The van der Waals surface area contributed by atoms with Gasteiger partial charge in [0, 0.05) is 24.0 Å². The molecule has 0 bridgehead atoms. The fourth-order valence-corrected chi connectivity index (χ4v) is 4.46. The van der Waals surface area contributed by atoms with Crippen LogP contribution in [0.3, 0.4) is 0 Å². The molecule has 162 valence electrons. The second-order valence-corrected chi connectivity index (χ2v) is 8.38. The van der Waals surface area contributed by atoms with Crippen molar-refractivity contribution in [2.24, 2.45) is 11.7 Å². The smallest absolute Gasteiger partial charge is 0.226 e. The van der Waals surface area contributed by atoms with E-state index < -0.39 is 0 Å². The molecule has 2 heterocycles. The lowest BCUT2D eigenvalue weighted by Crippen LogP contribution is -2.42. The zero-order chi connectivity index (χ0) is 21.3. The van der Waals surface area contributed by atoms with Crippen LogP contribution in [-0.2, 0) is 16.0 Å². The minimum atomic E-state index is -0.208. The van der Waals surface area contributed by atoms with E-state index in [2.05, 4.69) is 15.2 Å². The maximum atomic E-state index is 12.2. The van der Waals surface area contributed by atoms with Crippen molar-refractivity contribution in [3.63, 3.8) is 0 Å². The summed E-state index contributed by atoms with van der Waals surface area (Å²) in [6, 6.07) is 7.83. The summed E-state index contributed by atoms with van der Waals surface area (Å²) in [6.07, 6.45) is 3.02. The number of carbonyl (C=O) groups excluding carboxylic acids is 2. The van der Waals surface area contributed by atoms with E-state index in [1.165, 1.54) is 11.3 Å². The number of carbonyl (C=O) groups is 2. The van der Waals surface area contributed by atoms with E-state index in [0.29, 0.717) is 13.2 Å². The Labute approximate surface area is 181 Å². The van der Waals surface area contributed by atoms with Gasteiger partial charge < -0.3 is 20.7 Å². The lowest BCUT2D eigenvalue weighted by atomic mass is 9.97. The summed E-state index contributed by atoms with van der Waals surface area (Å²) in [5.41, 5.74) is 7.22. The van der Waals surface area contributed by atoms with Crippen LogP contribution in [0.2, 0.25) is 0 Å². The van der Waals surface area contributed by atoms with E-state index in [9.17, 15) is 9.59 Å². The molecule has 0 saturated carbocycles. The Kier molecular flexibility index (Phi) is 8.21. The van der Waals surface area contributed by atoms with Crippen molar-refractivity contribution in [2.75, 3.05) is 32.8 Å². The number of nitrogens with zero attached hydrogens (tertiary/aromatic N) is 2. The van der Waals surface area contributed by atoms with E-state index in [1.54, 1.807) is 0 Å². The number of aromatic nitrogens is 1. The highest BCUT2D eigenvalue weighted by atomic mass is 32.1. The molecule has 0 aliphatic carbocycles. The van der Waals surface area contributed by atoms with Crippen LogP contribution in [0.25, 0.3) is 10.6 Å². The predicted molar refractivity (Wildman–Crippen MR) is 118 cm³/mol. The number of hydrogen-bond acceptors (Lipinski definition) is 6. The fraction of sp³-hybridized carbons (Fsp3) is 0.500. The van der Waals surface area contributed by atoms with Crippen molar-refractivity contribution >= 4 is 23.2 Å². The summed E-state index contributed by atoms with van der Waals surface area (Å²) in [6.45, 7) is 5.80. The normalized spacial score (nSPS) is 16.9. The van der Waals surface area contributed by atoms with E-state index in [4.69, 9.17) is 10.5 Å². The molecule has 0 radical (unpaired) electrons. The maximum Gasteiger partial charge on any atom is 0.226 e. The number of amides is 2. The average Bonchev–Trinajstić information content (AvgIpc) is 3.20. The minimum Gasteiger partial charge on any atom is -0.494 e. The number of thiazole rings is 1.